The number of nitrogen functional groups attached to an aromatic ring is 1. The third-order valence-electron chi connectivity index (χ3n) is 6.75. The summed E-state index contributed by atoms with van der Waals surface area (Å²) in [6.45, 7) is 5.15. The summed E-state index contributed by atoms with van der Waals surface area (Å²) in [7, 11) is -3.55. The van der Waals surface area contributed by atoms with E-state index in [0.29, 0.717) is 30.3 Å². The van der Waals surface area contributed by atoms with Crippen LogP contribution < -0.4 is 21.1 Å². The number of hydrogen-bond donors (Lipinski definition) is 3. The molecule has 1 saturated carbocycles. The molecule has 0 aromatic heterocycles. The van der Waals surface area contributed by atoms with E-state index in [-0.39, 0.29) is 39.4 Å². The van der Waals surface area contributed by atoms with E-state index < -0.39 is 9.84 Å². The molecule has 0 bridgehead atoms. The van der Waals surface area contributed by atoms with Crippen LogP contribution >= 0.6 is 0 Å². The van der Waals surface area contributed by atoms with Crippen molar-refractivity contribution in [2.24, 2.45) is 5.92 Å². The molecule has 2 aliphatic heterocycles. The molecule has 1 aromatic rings. The Balaban J connectivity index is 1.75. The molecule has 2 fully saturated rings. The number of ether oxygens (including phenoxy) is 1. The Morgan fingerprint density at radius 3 is 2.72 bits per heavy atom. The number of nitrogens with one attached hydrogen (secondary N) is 2. The molecule has 1 aromatic carbocycles. The molecule has 4 rings (SSSR count). The zero-order chi connectivity index (χ0) is 20.8. The molecule has 3 aliphatic rings. The Hall–Kier alpha value is -1.80. The molecule has 4 N–H and O–H groups in total. The van der Waals surface area contributed by atoms with Gasteiger partial charge in [-0.2, -0.15) is 0 Å². The highest BCUT2D eigenvalue weighted by Crippen LogP contribution is 2.44. The molecule has 0 radical (unpaired) electrons. The van der Waals surface area contributed by atoms with Crippen LogP contribution in [0.1, 0.15) is 61.9 Å². The van der Waals surface area contributed by atoms with Gasteiger partial charge in [-0.15, -0.1) is 0 Å². The summed E-state index contributed by atoms with van der Waals surface area (Å²) in [5, 5.41) is 6.79. The highest BCUT2D eigenvalue weighted by Gasteiger charge is 2.49. The predicted octanol–water partition coefficient (Wildman–Crippen LogP) is 2.04. The number of hydrogen-bond acceptors (Lipinski definition) is 6. The van der Waals surface area contributed by atoms with Gasteiger partial charge in [0.2, 0.25) is 0 Å². The first-order valence-corrected chi connectivity index (χ1v) is 12.3. The first kappa shape index (κ1) is 20.5. The van der Waals surface area contributed by atoms with Crippen molar-refractivity contribution in [1.82, 2.24) is 10.6 Å². The van der Waals surface area contributed by atoms with Gasteiger partial charge < -0.3 is 21.1 Å². The van der Waals surface area contributed by atoms with Gasteiger partial charge in [-0.3, -0.25) is 4.79 Å². The fourth-order valence-corrected chi connectivity index (χ4v) is 5.86. The van der Waals surface area contributed by atoms with Crippen LogP contribution in [0.25, 0.3) is 0 Å². The summed E-state index contributed by atoms with van der Waals surface area (Å²) < 4.78 is 31.1. The maximum atomic E-state index is 13.4. The average molecular weight is 422 g/mol. The number of anilines is 1. The smallest absolute Gasteiger partial charge is 0.255 e. The summed E-state index contributed by atoms with van der Waals surface area (Å²) in [5.74, 6) is 0.535. The summed E-state index contributed by atoms with van der Waals surface area (Å²) in [4.78, 5) is 13.5. The third-order valence-corrected chi connectivity index (χ3v) is 8.52. The van der Waals surface area contributed by atoms with E-state index in [1.54, 1.807) is 6.92 Å². The van der Waals surface area contributed by atoms with E-state index >= 15 is 0 Å². The number of nitrogens with two attached hydrogens (primary N) is 1. The molecule has 1 saturated heterocycles. The zero-order valence-corrected chi connectivity index (χ0v) is 18.0. The second-order valence-corrected chi connectivity index (χ2v) is 10.9. The minimum Gasteiger partial charge on any atom is -0.492 e. The van der Waals surface area contributed by atoms with Crippen LogP contribution in [0.5, 0.6) is 5.75 Å². The van der Waals surface area contributed by atoms with Crippen molar-refractivity contribution in [3.8, 4) is 5.75 Å². The van der Waals surface area contributed by atoms with E-state index in [1.807, 2.05) is 0 Å². The van der Waals surface area contributed by atoms with E-state index in [4.69, 9.17) is 10.5 Å². The van der Waals surface area contributed by atoms with Crippen LogP contribution in [-0.2, 0) is 16.3 Å². The van der Waals surface area contributed by atoms with Gasteiger partial charge >= 0.3 is 0 Å². The Morgan fingerprint density at radius 1 is 1.34 bits per heavy atom. The predicted molar refractivity (Wildman–Crippen MR) is 112 cm³/mol. The van der Waals surface area contributed by atoms with E-state index in [0.717, 1.165) is 38.6 Å². The lowest BCUT2D eigenvalue weighted by Crippen LogP contribution is -2.59. The molecule has 1 amide bonds. The number of carbonyl (C=O) groups is 1. The Labute approximate surface area is 172 Å². The fourth-order valence-electron chi connectivity index (χ4n) is 4.79. The number of fused-ring (bicyclic) bond motifs is 1. The number of sulfone groups is 1. The first-order chi connectivity index (χ1) is 13.8. The van der Waals surface area contributed by atoms with E-state index in [1.165, 1.54) is 6.07 Å². The molecule has 2 atom stereocenters. The highest BCUT2D eigenvalue weighted by molar-refractivity contribution is 7.91. The van der Waals surface area contributed by atoms with Gasteiger partial charge in [0.05, 0.1) is 34.0 Å². The molecule has 2 unspecified atom stereocenters. The molecule has 160 valence electrons. The lowest BCUT2D eigenvalue weighted by atomic mass is 9.85. The van der Waals surface area contributed by atoms with Crippen molar-refractivity contribution in [1.29, 1.82) is 0 Å². The standard InChI is InChI=1S/C21H31N3O4S/c1-3-29(26,27)16-12-15(19-14(18(16)22)6-5-11-28-19)20(25)24-21(2,13-8-9-13)17-7-4-10-23-17/h12-13,17,23H,3-11,22H2,1-2H3,(H,24,25). The van der Waals surface area contributed by atoms with Crippen molar-refractivity contribution in [3.05, 3.63) is 17.2 Å². The summed E-state index contributed by atoms with van der Waals surface area (Å²) in [6.07, 6.45) is 5.68. The molecule has 0 spiro atoms. The Bertz CT molecular complexity index is 920. The average Bonchev–Trinajstić information content (AvgIpc) is 3.42. The van der Waals surface area contributed by atoms with Gasteiger partial charge in [0.15, 0.2) is 9.84 Å². The van der Waals surface area contributed by atoms with Gasteiger partial charge in [-0.1, -0.05) is 6.92 Å². The van der Waals surface area contributed by atoms with Gasteiger partial charge in [-0.25, -0.2) is 8.42 Å². The summed E-state index contributed by atoms with van der Waals surface area (Å²) in [6, 6.07) is 1.64. The molecular weight excluding hydrogens is 390 g/mol. The van der Waals surface area contributed by atoms with Crippen LogP contribution in [0, 0.1) is 5.92 Å². The summed E-state index contributed by atoms with van der Waals surface area (Å²) in [5.41, 5.74) is 7.01. The number of carbonyl (C=O) groups excluding carboxylic acids is 1. The van der Waals surface area contributed by atoms with Gasteiger partial charge in [0.1, 0.15) is 5.75 Å². The molecule has 2 heterocycles. The lowest BCUT2D eigenvalue weighted by Gasteiger charge is -2.37. The van der Waals surface area contributed by atoms with Crippen LogP contribution in [0.4, 0.5) is 5.69 Å². The number of benzene rings is 1. The van der Waals surface area contributed by atoms with Crippen LogP contribution in [0.15, 0.2) is 11.0 Å². The molecule has 7 nitrogen and oxygen atoms in total. The fraction of sp³-hybridized carbons (Fsp3) is 0.667. The van der Waals surface area contributed by atoms with Gasteiger partial charge in [0, 0.05) is 11.6 Å². The van der Waals surface area contributed by atoms with Crippen LogP contribution in [0.2, 0.25) is 0 Å². The molecule has 8 heteroatoms. The monoisotopic (exact) mass is 421 g/mol. The Kier molecular flexibility index (Phi) is 5.27. The van der Waals surface area contributed by atoms with Crippen molar-refractivity contribution in [2.45, 2.75) is 68.8 Å². The van der Waals surface area contributed by atoms with Gasteiger partial charge in [-0.05, 0) is 64.0 Å². The Morgan fingerprint density at radius 2 is 2.10 bits per heavy atom. The summed E-state index contributed by atoms with van der Waals surface area (Å²) >= 11 is 0. The largest absolute Gasteiger partial charge is 0.492 e. The van der Waals surface area contributed by atoms with E-state index in [2.05, 4.69) is 17.6 Å². The number of amides is 1. The van der Waals surface area contributed by atoms with Crippen molar-refractivity contribution >= 4 is 21.4 Å². The first-order valence-electron chi connectivity index (χ1n) is 10.6. The third kappa shape index (κ3) is 3.61. The maximum Gasteiger partial charge on any atom is 0.255 e. The number of rotatable bonds is 6. The van der Waals surface area contributed by atoms with Crippen LogP contribution in [0.3, 0.4) is 0 Å². The molecule has 29 heavy (non-hydrogen) atoms. The minimum absolute atomic E-state index is 0.0431. The normalized spacial score (nSPS) is 23.7. The minimum atomic E-state index is -3.55. The zero-order valence-electron chi connectivity index (χ0n) is 17.2. The topological polar surface area (TPSA) is 111 Å². The van der Waals surface area contributed by atoms with Crippen LogP contribution in [-0.4, -0.2) is 44.8 Å². The quantitative estimate of drug-likeness (QED) is 0.606. The SMILES string of the molecule is CCS(=O)(=O)c1cc(C(=O)NC(C)(C2CC2)C2CCCN2)c2c(c1N)CCCO2. The van der Waals surface area contributed by atoms with Crippen molar-refractivity contribution in [2.75, 3.05) is 24.6 Å². The second-order valence-electron chi connectivity index (χ2n) is 8.66. The van der Waals surface area contributed by atoms with Crippen molar-refractivity contribution in [3.63, 3.8) is 0 Å². The molecular formula is C21H31N3O4S. The maximum absolute atomic E-state index is 13.4. The van der Waals surface area contributed by atoms with Crippen molar-refractivity contribution < 1.29 is 17.9 Å². The van der Waals surface area contributed by atoms with E-state index in [9.17, 15) is 13.2 Å². The lowest BCUT2D eigenvalue weighted by molar-refractivity contribution is 0.0863. The second kappa shape index (κ2) is 7.47. The molecule has 1 aliphatic carbocycles. The highest BCUT2D eigenvalue weighted by atomic mass is 32.2. The van der Waals surface area contributed by atoms with Gasteiger partial charge in [0.25, 0.3) is 5.91 Å².